The molecule has 0 aliphatic carbocycles. The van der Waals surface area contributed by atoms with Crippen molar-refractivity contribution in [3.05, 3.63) is 109 Å². The number of para-hydroxylation sites is 1. The molecule has 0 atom stereocenters. The monoisotopic (exact) mass is 731 g/mol. The molecule has 1 radical (unpaired) electrons. The molecule has 3 aromatic carbocycles. The number of benzene rings is 3. The molecule has 0 saturated heterocycles. The number of hydrogen-bond acceptors (Lipinski definition) is 4. The second kappa shape index (κ2) is 11.5. The summed E-state index contributed by atoms with van der Waals surface area (Å²) in [6, 6.07) is 32.8. The molecule has 0 bridgehead atoms. The normalized spacial score (nSPS) is 11.3. The predicted octanol–water partition coefficient (Wildman–Crippen LogP) is 7.73. The number of hydrogen-bond donors (Lipinski definition) is 0. The third-order valence-electron chi connectivity index (χ3n) is 7.08. The molecule has 5 nitrogen and oxygen atoms in total. The molecule has 0 aliphatic rings. The van der Waals surface area contributed by atoms with Gasteiger partial charge in [0.1, 0.15) is 5.58 Å². The van der Waals surface area contributed by atoms with E-state index < -0.39 is 8.07 Å². The fourth-order valence-corrected chi connectivity index (χ4v) is 5.86. The van der Waals surface area contributed by atoms with Crippen LogP contribution in [0.4, 0.5) is 0 Å². The number of rotatable bonds is 3. The van der Waals surface area contributed by atoms with Crippen LogP contribution in [-0.4, -0.2) is 27.6 Å². The quantitative estimate of drug-likeness (QED) is 0.138. The van der Waals surface area contributed by atoms with E-state index in [4.69, 9.17) is 9.40 Å². The molecule has 7 heteroatoms. The van der Waals surface area contributed by atoms with Gasteiger partial charge in [0.05, 0.1) is 36.7 Å². The first-order chi connectivity index (χ1) is 19.3. The summed E-state index contributed by atoms with van der Waals surface area (Å²) in [5.74, 6) is 0.835. The van der Waals surface area contributed by atoms with Crippen LogP contribution in [0.1, 0.15) is 5.69 Å². The average molecular weight is 731 g/mol. The van der Waals surface area contributed by atoms with Gasteiger partial charge in [0, 0.05) is 44.4 Å². The van der Waals surface area contributed by atoms with E-state index in [1.54, 1.807) is 0 Å². The molecule has 41 heavy (non-hydrogen) atoms. The van der Waals surface area contributed by atoms with Crippen LogP contribution in [0.2, 0.25) is 19.6 Å². The summed E-state index contributed by atoms with van der Waals surface area (Å²) in [6.07, 6.45) is 3.83. The zero-order chi connectivity index (χ0) is 27.9. The Labute approximate surface area is 254 Å². The van der Waals surface area contributed by atoms with Crippen LogP contribution < -0.4 is 5.19 Å². The molecule has 7 aromatic rings. The van der Waals surface area contributed by atoms with Crippen LogP contribution >= 0.6 is 0 Å². The minimum atomic E-state index is -1.23. The summed E-state index contributed by atoms with van der Waals surface area (Å²) in [6.45, 7) is 8.98. The fourth-order valence-electron chi connectivity index (χ4n) is 4.83. The van der Waals surface area contributed by atoms with Gasteiger partial charge in [-0.25, -0.2) is 0 Å². The second-order valence-corrected chi connectivity index (χ2v) is 16.0. The van der Waals surface area contributed by atoms with Crippen LogP contribution in [0.25, 0.3) is 55.6 Å². The summed E-state index contributed by atoms with van der Waals surface area (Å²) in [4.78, 5) is 13.6. The van der Waals surface area contributed by atoms with E-state index in [1.807, 2.05) is 87.0 Å². The van der Waals surface area contributed by atoms with E-state index in [0.29, 0.717) is 0 Å². The molecule has 4 heterocycles. The van der Waals surface area contributed by atoms with Crippen LogP contribution in [0.5, 0.6) is 0 Å². The molecule has 0 fully saturated rings. The van der Waals surface area contributed by atoms with Crippen LogP contribution in [0.15, 0.2) is 95.7 Å². The summed E-state index contributed by atoms with van der Waals surface area (Å²) in [7, 11) is 0.783. The Balaban J connectivity index is 0.000000175. The third-order valence-corrected chi connectivity index (χ3v) is 9.11. The molecule has 7 rings (SSSR count). The van der Waals surface area contributed by atoms with E-state index >= 15 is 0 Å². The van der Waals surface area contributed by atoms with Crippen LogP contribution in [-0.2, 0) is 27.2 Å². The Morgan fingerprint density at radius 1 is 0.829 bits per heavy atom. The fraction of sp³-hybridized carbons (Fsp3) is 0.147. The van der Waals surface area contributed by atoms with Crippen molar-refractivity contribution in [1.29, 1.82) is 0 Å². The summed E-state index contributed by atoms with van der Waals surface area (Å²) < 4.78 is 8.18. The Bertz CT molecular complexity index is 1960. The first kappa shape index (κ1) is 28.6. The number of fused-ring (bicyclic) bond motifs is 4. The number of aryl methyl sites for hydroxylation is 2. The zero-order valence-electron chi connectivity index (χ0n) is 23.7. The van der Waals surface area contributed by atoms with E-state index in [2.05, 4.69) is 64.5 Å². The molecule has 0 unspecified atom stereocenters. The van der Waals surface area contributed by atoms with E-state index in [-0.39, 0.29) is 20.1 Å². The number of nitrogens with zero attached hydrogens (tertiary/aromatic N) is 4. The van der Waals surface area contributed by atoms with E-state index in [1.165, 1.54) is 5.19 Å². The topological polar surface area (TPSA) is 56.7 Å². The smallest absolute Gasteiger partial charge is 0.120 e. The Morgan fingerprint density at radius 2 is 1.63 bits per heavy atom. The summed E-state index contributed by atoms with van der Waals surface area (Å²) in [5, 5.41) is 3.59. The third kappa shape index (κ3) is 5.66. The number of furan rings is 1. The van der Waals surface area contributed by atoms with Gasteiger partial charge in [-0.15, -0.1) is 54.1 Å². The van der Waals surface area contributed by atoms with Crippen molar-refractivity contribution < 1.29 is 24.5 Å². The molecular weight excluding hydrogens is 701 g/mol. The second-order valence-electron chi connectivity index (χ2n) is 11.0. The molecular formula is C34H30IrN4OSi-2. The van der Waals surface area contributed by atoms with Gasteiger partial charge in [0.25, 0.3) is 0 Å². The van der Waals surface area contributed by atoms with Crippen molar-refractivity contribution in [2.75, 3.05) is 0 Å². The van der Waals surface area contributed by atoms with Gasteiger partial charge in [-0.05, 0) is 29.9 Å². The van der Waals surface area contributed by atoms with Crippen molar-refractivity contribution in [3.8, 4) is 22.6 Å². The molecule has 0 saturated carbocycles. The predicted molar refractivity (Wildman–Crippen MR) is 166 cm³/mol. The number of pyridine rings is 2. The SMILES string of the molecule is C[Si](C)(C)c1ccc(-c2[c-]cccc2)nc1.Cc1cc2c(cn1)nc(-c1[c-]ccc3c1oc1ccccc13)n2C.[Ir]. The summed E-state index contributed by atoms with van der Waals surface area (Å²) >= 11 is 0. The standard InChI is InChI=1S/C20H14N3O.C14H16NSi.Ir/c1-12-10-17-16(11-21-12)22-20(23(17)2)15-8-5-7-14-13-6-3-4-9-18(13)24-19(14)15;1-16(2,3)13-9-10-14(15-11-13)12-7-5-4-6-8-12;/h3-7,9-11H,1-2H3;4-7,9-11H,1-3H3;/q2*-1;. The van der Waals surface area contributed by atoms with Crippen molar-refractivity contribution in [2.45, 2.75) is 26.6 Å². The van der Waals surface area contributed by atoms with Crippen molar-refractivity contribution in [3.63, 3.8) is 0 Å². The Hall–Kier alpha value is -3.90. The Kier molecular flexibility index (Phi) is 8.05. The average Bonchev–Trinajstić information content (AvgIpc) is 3.51. The van der Waals surface area contributed by atoms with Crippen molar-refractivity contribution in [1.82, 2.24) is 19.5 Å². The van der Waals surface area contributed by atoms with Gasteiger partial charge < -0.3 is 14.0 Å². The molecule has 207 valence electrons. The molecule has 4 aromatic heterocycles. The van der Waals surface area contributed by atoms with Gasteiger partial charge in [-0.2, -0.15) is 0 Å². The van der Waals surface area contributed by atoms with Gasteiger partial charge >= 0.3 is 0 Å². The number of imidazole rings is 1. The van der Waals surface area contributed by atoms with E-state index in [9.17, 15) is 0 Å². The van der Waals surface area contributed by atoms with Gasteiger partial charge in [0.2, 0.25) is 0 Å². The first-order valence-corrected chi connectivity index (χ1v) is 16.8. The van der Waals surface area contributed by atoms with Crippen molar-refractivity contribution >= 4 is 46.2 Å². The van der Waals surface area contributed by atoms with Gasteiger partial charge in [-0.1, -0.05) is 60.9 Å². The minimum absolute atomic E-state index is 0. The van der Waals surface area contributed by atoms with E-state index in [0.717, 1.165) is 61.3 Å². The minimum Gasteiger partial charge on any atom is -0.501 e. The van der Waals surface area contributed by atoms with Crippen molar-refractivity contribution in [2.24, 2.45) is 7.05 Å². The maximum atomic E-state index is 6.11. The Morgan fingerprint density at radius 3 is 2.37 bits per heavy atom. The molecule has 0 N–H and O–H groups in total. The largest absolute Gasteiger partial charge is 0.501 e. The van der Waals surface area contributed by atoms with Crippen LogP contribution in [0, 0.1) is 19.1 Å². The maximum Gasteiger partial charge on any atom is 0.120 e. The number of aromatic nitrogens is 4. The molecule has 0 spiro atoms. The summed E-state index contributed by atoms with van der Waals surface area (Å²) in [5.41, 5.74) is 7.54. The first-order valence-electron chi connectivity index (χ1n) is 13.3. The van der Waals surface area contributed by atoms with Gasteiger partial charge in [0.15, 0.2) is 0 Å². The molecule has 0 amide bonds. The maximum absolute atomic E-state index is 6.11. The molecule has 0 aliphatic heterocycles. The van der Waals surface area contributed by atoms with Gasteiger partial charge in [-0.3, -0.25) is 9.97 Å². The van der Waals surface area contributed by atoms with Crippen LogP contribution in [0.3, 0.4) is 0 Å². The zero-order valence-corrected chi connectivity index (χ0v) is 27.1.